The molecule has 35 heteroatoms. The lowest BCUT2D eigenvalue weighted by Crippen LogP contribution is -2.53. The largest absolute Gasteiger partial charge is 0.491 e. The fourth-order valence-corrected chi connectivity index (χ4v) is 15.2. The Morgan fingerprint density at radius 1 is 0.603 bits per heavy atom. The molecule has 9 rings (SSSR count). The molecule has 2 aliphatic heterocycles. The van der Waals surface area contributed by atoms with Crippen LogP contribution in [0.5, 0.6) is 17.2 Å². The van der Waals surface area contributed by atoms with Gasteiger partial charge in [0, 0.05) is 124 Å². The highest BCUT2D eigenvalue weighted by molar-refractivity contribution is 7.88. The van der Waals surface area contributed by atoms with Gasteiger partial charge in [-0.1, -0.05) is 30.3 Å². The third kappa shape index (κ3) is 36.3. The van der Waals surface area contributed by atoms with Crippen molar-refractivity contribution in [1.29, 1.82) is 5.41 Å². The molecule has 7 N–H and O–H groups in total. The number of fused-ring (bicyclic) bond motifs is 4. The van der Waals surface area contributed by atoms with Gasteiger partial charge in [-0.25, -0.2) is 13.1 Å². The number of thiol groups is 4. The van der Waals surface area contributed by atoms with E-state index in [2.05, 4.69) is 90.5 Å². The molecule has 5 aromatic carbocycles. The number of piperidine rings is 1. The van der Waals surface area contributed by atoms with Crippen LogP contribution in [0.4, 0.5) is 11.4 Å². The number of hydrogen-bond donors (Lipinski definition) is 11. The summed E-state index contributed by atoms with van der Waals surface area (Å²) in [5, 5.41) is 25.0. The van der Waals surface area contributed by atoms with Gasteiger partial charge < -0.3 is 93.0 Å². The predicted molar refractivity (Wildman–Crippen MR) is 465 cm³/mol. The second-order valence-electron chi connectivity index (χ2n) is 27.5. The van der Waals surface area contributed by atoms with E-state index in [0.29, 0.717) is 151 Å². The standard InChI is InChI=1S/C23H34N2O8S2.C22H30N2O5S.C19H31N3O4S2.C17H24N2O3S/c1-3-32-23(27)22-19-8-7-17(25(19)2)14-20(22)33-35(28,29)18-6-4-5-16(13-18)24-21(26)15-31-10-9-30-11-12-34;1-24(2)14-17-5-3-4-6-20(17)29-21-8-7-19(13-18(21)15-25)23-22(26)16-28-10-9-27-11-12-30;1-22(2)7-5-17-14-20-19-4-3-16(13-18(17)19)15-28(23,24)21-6-8-25-9-10-26-11-12-27;1-13(18)10-14-12-19-17-3-2-15(11-16(14)17)22-7-6-20-4-5-21-8-9-23/h4-6,13,17,19-20,22,34H,3,7-12,14-15H2,1-2H3,(H,24,26);3-8,13,25,30H,9-12,14-16H2,1-2H3,(H,23,26);3-4,13-14,20-21,27H,5-12,15H2,1-2H3;2-3,11-12,18-19,23H,4-10H2,1H3. The van der Waals surface area contributed by atoms with Crippen LogP contribution < -0.4 is 24.8 Å². The first-order valence-electron chi connectivity index (χ1n) is 38.6. The quantitative estimate of drug-likeness (QED) is 0.00556. The van der Waals surface area contributed by atoms with Crippen molar-refractivity contribution < 1.29 is 92.6 Å². The molecule has 7 aromatic rings. The van der Waals surface area contributed by atoms with Crippen LogP contribution >= 0.6 is 50.5 Å². The smallest absolute Gasteiger partial charge is 0.313 e. The van der Waals surface area contributed by atoms with Gasteiger partial charge in [-0.2, -0.15) is 58.9 Å². The first-order chi connectivity index (χ1) is 55.9. The molecule has 2 bridgehead atoms. The van der Waals surface area contributed by atoms with Crippen LogP contribution in [0.3, 0.4) is 0 Å². The summed E-state index contributed by atoms with van der Waals surface area (Å²) in [5.74, 6) is 2.85. The molecule has 29 nitrogen and oxygen atoms in total. The molecule has 2 fully saturated rings. The van der Waals surface area contributed by atoms with Crippen molar-refractivity contribution >= 4 is 127 Å². The minimum atomic E-state index is -4.20. The molecule has 4 unspecified atom stereocenters. The zero-order valence-corrected chi connectivity index (χ0v) is 72.8. The third-order valence-electron chi connectivity index (χ3n) is 17.8. The van der Waals surface area contributed by atoms with Crippen LogP contribution in [0.25, 0.3) is 21.8 Å². The Morgan fingerprint density at radius 2 is 1.16 bits per heavy atom. The number of ether oxygens (including phenoxy) is 11. The molecule has 0 radical (unpaired) electrons. The van der Waals surface area contributed by atoms with Crippen LogP contribution in [0, 0.1) is 11.3 Å². The van der Waals surface area contributed by atoms with Crippen molar-refractivity contribution in [2.24, 2.45) is 5.92 Å². The summed E-state index contributed by atoms with van der Waals surface area (Å²) in [4.78, 5) is 49.6. The van der Waals surface area contributed by atoms with E-state index >= 15 is 0 Å². The summed E-state index contributed by atoms with van der Waals surface area (Å²) < 4.78 is 118. The first kappa shape index (κ1) is 98.4. The van der Waals surface area contributed by atoms with Crippen molar-refractivity contribution in [3.63, 3.8) is 0 Å². The second kappa shape index (κ2) is 54.7. The number of sulfonamides is 1. The molecule has 4 atom stereocenters. The molecule has 0 saturated carbocycles. The number of hydrogen-bond acceptors (Lipinski definition) is 28. The van der Waals surface area contributed by atoms with Crippen molar-refractivity contribution in [2.45, 2.75) is 87.9 Å². The number of amides is 2. The normalized spacial score (nSPS) is 15.3. The lowest BCUT2D eigenvalue weighted by atomic mass is 9.88. The van der Waals surface area contributed by atoms with Crippen molar-refractivity contribution in [1.82, 2.24) is 29.4 Å². The molecule has 2 aromatic heterocycles. The van der Waals surface area contributed by atoms with Gasteiger partial charge in [-0.3, -0.25) is 23.5 Å². The number of carbonyl (C=O) groups is 3. The van der Waals surface area contributed by atoms with E-state index < -0.39 is 44.0 Å². The second-order valence-corrected chi connectivity index (χ2v) is 32.7. The lowest BCUT2D eigenvalue weighted by molar-refractivity contribution is -0.157. The number of likely N-dealkylation sites (N-methyl/N-ethyl adjacent to an activating group) is 1. The monoisotopic (exact) mass is 1730 g/mol. The number of para-hydroxylation sites is 1. The van der Waals surface area contributed by atoms with Crippen LogP contribution in [-0.2, 0) is 113 Å². The molecule has 644 valence electrons. The fourth-order valence-electron chi connectivity index (χ4n) is 12.5. The highest BCUT2D eigenvalue weighted by Crippen LogP contribution is 2.42. The summed E-state index contributed by atoms with van der Waals surface area (Å²) in [7, 11) is 2.40. The Morgan fingerprint density at radius 3 is 1.76 bits per heavy atom. The van der Waals surface area contributed by atoms with Gasteiger partial charge in [0.2, 0.25) is 21.8 Å². The van der Waals surface area contributed by atoms with Crippen LogP contribution in [0.15, 0.2) is 120 Å². The number of rotatable bonds is 51. The maximum absolute atomic E-state index is 13.1. The third-order valence-corrected chi connectivity index (χ3v) is 21.2. The zero-order valence-electron chi connectivity index (χ0n) is 67.6. The average Bonchev–Trinajstić information content (AvgIpc) is 1.57. The summed E-state index contributed by atoms with van der Waals surface area (Å²) >= 11 is 16.2. The molecular formula is C81H119N9O20S6. The van der Waals surface area contributed by atoms with E-state index in [4.69, 9.17) is 61.7 Å². The fraction of sp³-hybridized carbons (Fsp3) is 0.531. The number of anilines is 2. The van der Waals surface area contributed by atoms with E-state index in [0.717, 1.165) is 88.1 Å². The molecule has 116 heavy (non-hydrogen) atoms. The predicted octanol–water partition coefficient (Wildman–Crippen LogP) is 9.39. The van der Waals surface area contributed by atoms with E-state index in [1.807, 2.05) is 115 Å². The Labute approximate surface area is 705 Å². The SMILES string of the molecule is CC(=N)Cc1c[nH]c2ccc(OCCOCCOCCS)cc12.CCOC(=O)C1C(OS(=O)(=O)c2cccc(NC(=O)COCCOCCS)c2)CC2CCC1N2C.CN(C)CCc1c[nH]c2ccc(CS(=O)(=O)NCCOCCOCCS)cc12.CN(C)Cc1ccccc1Oc1ccc(NC(=O)COCCOCCS)cc1CO. The zero-order chi connectivity index (χ0) is 84.1. The number of H-pyrrole nitrogens is 2. The summed E-state index contributed by atoms with van der Waals surface area (Å²) in [6.07, 6.45) is 6.79. The Balaban J connectivity index is 0.000000243. The van der Waals surface area contributed by atoms with Crippen molar-refractivity contribution in [3.05, 3.63) is 143 Å². The summed E-state index contributed by atoms with van der Waals surface area (Å²) in [6.45, 7) is 12.3. The van der Waals surface area contributed by atoms with Crippen LogP contribution in [0.2, 0.25) is 0 Å². The van der Waals surface area contributed by atoms with E-state index in [9.17, 15) is 36.3 Å². The molecule has 2 amide bonds. The lowest BCUT2D eigenvalue weighted by Gasteiger charge is -2.40. The Bertz CT molecular complexity index is 4290. The number of aliphatic hydroxyl groups excluding tert-OH is 1. The van der Waals surface area contributed by atoms with E-state index in [-0.39, 0.29) is 68.2 Å². The summed E-state index contributed by atoms with van der Waals surface area (Å²) in [5.41, 5.74) is 8.29. The maximum Gasteiger partial charge on any atom is 0.313 e. The number of benzene rings is 5. The first-order valence-corrected chi connectivity index (χ1v) is 44.2. The number of carbonyl (C=O) groups excluding carboxylic acids is 3. The topological polar surface area (TPSA) is 352 Å². The molecule has 0 spiro atoms. The van der Waals surface area contributed by atoms with Crippen molar-refractivity contribution in [2.75, 3.05) is 201 Å². The molecule has 4 heterocycles. The Kier molecular flexibility index (Phi) is 46.4. The van der Waals surface area contributed by atoms with Gasteiger partial charge >= 0.3 is 5.97 Å². The van der Waals surface area contributed by atoms with E-state index in [1.54, 1.807) is 31.2 Å². The number of aromatic amines is 2. The number of nitrogens with one attached hydrogen (secondary N) is 6. The van der Waals surface area contributed by atoms with Crippen LogP contribution in [0.1, 0.15) is 60.9 Å². The van der Waals surface area contributed by atoms with Gasteiger partial charge in [-0.15, -0.1) is 0 Å². The van der Waals surface area contributed by atoms with Gasteiger partial charge in [0.1, 0.15) is 37.1 Å². The number of esters is 1. The Hall–Kier alpha value is -6.40. The van der Waals surface area contributed by atoms with Gasteiger partial charge in [0.25, 0.3) is 10.1 Å². The number of aliphatic hydroxyl groups is 1. The van der Waals surface area contributed by atoms with Gasteiger partial charge in [-0.05, 0) is 164 Å². The highest BCUT2D eigenvalue weighted by Gasteiger charge is 2.51. The minimum Gasteiger partial charge on any atom is -0.491 e. The number of aromatic nitrogens is 2. The van der Waals surface area contributed by atoms with Crippen LogP contribution in [-0.4, -0.2) is 279 Å². The number of nitrogens with zero attached hydrogens (tertiary/aromatic N) is 3. The average molecular weight is 1730 g/mol. The van der Waals surface area contributed by atoms with Crippen molar-refractivity contribution in [3.8, 4) is 17.2 Å². The molecule has 2 aliphatic rings. The minimum absolute atomic E-state index is 0.0493. The van der Waals surface area contributed by atoms with E-state index in [1.165, 1.54) is 23.8 Å². The molecular weight excluding hydrogens is 1610 g/mol. The molecule has 0 aliphatic carbocycles. The maximum atomic E-state index is 13.1. The van der Waals surface area contributed by atoms with Gasteiger partial charge in [0.15, 0.2) is 0 Å². The summed E-state index contributed by atoms with van der Waals surface area (Å²) in [6, 6.07) is 30.5. The highest BCUT2D eigenvalue weighted by atomic mass is 32.2. The van der Waals surface area contributed by atoms with Gasteiger partial charge in [0.05, 0.1) is 128 Å². The molecule has 2 saturated heterocycles.